The molecule has 6 nitrogen and oxygen atoms in total. The van der Waals surface area contributed by atoms with Gasteiger partial charge in [-0.2, -0.15) is 4.73 Å². The molecule has 2 N–H and O–H groups in total. The zero-order valence-corrected chi connectivity index (χ0v) is 21.6. The van der Waals surface area contributed by atoms with Gasteiger partial charge in [-0.1, -0.05) is 121 Å². The minimum atomic E-state index is -0.613. The summed E-state index contributed by atoms with van der Waals surface area (Å²) in [6, 6.07) is 40.8. The highest BCUT2D eigenvalue weighted by molar-refractivity contribution is 5.34. The van der Waals surface area contributed by atoms with Crippen LogP contribution < -0.4 is 20.9 Å². The van der Waals surface area contributed by atoms with E-state index in [1.807, 2.05) is 121 Å². The molecule has 0 saturated heterocycles. The molecule has 5 aromatic rings. The Labute approximate surface area is 227 Å². The normalized spacial score (nSPS) is 11.9. The van der Waals surface area contributed by atoms with Gasteiger partial charge in [0.15, 0.2) is 11.9 Å². The minimum Gasteiger partial charge on any atom is -0.475 e. The SMILES string of the molecule is C[C@H](ON)c1cc(=O)c(OC(c2ccccc2)c2ccccc2)cn1OC(c1ccccc1)c1ccccc1. The molecular weight excluding hydrogens is 488 g/mol. The first-order valence-corrected chi connectivity index (χ1v) is 12.8. The molecule has 1 aromatic heterocycles. The fourth-order valence-electron chi connectivity index (χ4n) is 4.45. The summed E-state index contributed by atoms with van der Waals surface area (Å²) in [5, 5.41) is 0. The second kappa shape index (κ2) is 12.3. The van der Waals surface area contributed by atoms with E-state index in [9.17, 15) is 4.79 Å². The lowest BCUT2D eigenvalue weighted by Gasteiger charge is -2.26. The van der Waals surface area contributed by atoms with Gasteiger partial charge in [0.05, 0.1) is 11.9 Å². The van der Waals surface area contributed by atoms with Crippen molar-refractivity contribution < 1.29 is 14.4 Å². The fourth-order valence-corrected chi connectivity index (χ4v) is 4.45. The molecule has 0 aliphatic rings. The molecule has 0 saturated carbocycles. The van der Waals surface area contributed by atoms with Gasteiger partial charge in [-0.05, 0) is 29.2 Å². The van der Waals surface area contributed by atoms with E-state index in [1.54, 1.807) is 13.1 Å². The zero-order valence-electron chi connectivity index (χ0n) is 21.6. The molecule has 6 heteroatoms. The number of benzene rings is 4. The van der Waals surface area contributed by atoms with Crippen molar-refractivity contribution in [2.75, 3.05) is 0 Å². The van der Waals surface area contributed by atoms with Gasteiger partial charge >= 0.3 is 0 Å². The molecule has 39 heavy (non-hydrogen) atoms. The topological polar surface area (TPSA) is 75.7 Å². The van der Waals surface area contributed by atoms with Crippen LogP contribution in [0.1, 0.15) is 53.2 Å². The first kappa shape index (κ1) is 26.0. The molecule has 0 aliphatic heterocycles. The van der Waals surface area contributed by atoms with Gasteiger partial charge in [0.1, 0.15) is 12.2 Å². The minimum absolute atomic E-state index is 0.139. The molecule has 0 spiro atoms. The fraction of sp³-hybridized carbons (Fsp3) is 0.121. The largest absolute Gasteiger partial charge is 0.475 e. The standard InChI is InChI=1S/C33H30N2O4/c1-24(38-34)29-22-30(36)31(37-32(25-14-6-2-7-15-25)26-16-8-3-9-17-26)23-35(29)39-33(27-18-10-4-11-19-27)28-20-12-5-13-21-28/h2-24,32-33H,34H2,1H3/t24-/m0/s1. The average Bonchev–Trinajstić information content (AvgIpc) is 3.01. The first-order chi connectivity index (χ1) is 19.1. The van der Waals surface area contributed by atoms with Crippen LogP contribution in [-0.2, 0) is 4.84 Å². The van der Waals surface area contributed by atoms with Gasteiger partial charge < -0.3 is 9.57 Å². The number of hydrogen-bond donors (Lipinski definition) is 1. The summed E-state index contributed by atoms with van der Waals surface area (Å²) in [5.41, 5.74) is 3.89. The Hall–Kier alpha value is -4.65. The van der Waals surface area contributed by atoms with Crippen molar-refractivity contribution in [1.29, 1.82) is 0 Å². The number of ether oxygens (including phenoxy) is 1. The molecule has 0 bridgehead atoms. The van der Waals surface area contributed by atoms with Gasteiger partial charge in [-0.3, -0.25) is 9.63 Å². The number of rotatable bonds is 10. The molecule has 1 heterocycles. The maximum absolute atomic E-state index is 13.3. The molecule has 0 aliphatic carbocycles. The Morgan fingerprint density at radius 1 is 0.641 bits per heavy atom. The highest BCUT2D eigenvalue weighted by Crippen LogP contribution is 2.29. The van der Waals surface area contributed by atoms with E-state index in [2.05, 4.69) is 0 Å². The second-order valence-corrected chi connectivity index (χ2v) is 9.16. The number of hydrogen-bond acceptors (Lipinski definition) is 5. The van der Waals surface area contributed by atoms with Crippen molar-refractivity contribution in [1.82, 2.24) is 4.73 Å². The Morgan fingerprint density at radius 2 is 1.05 bits per heavy atom. The number of aromatic nitrogens is 1. The van der Waals surface area contributed by atoms with E-state index in [0.29, 0.717) is 5.69 Å². The average molecular weight is 519 g/mol. The molecule has 1 atom stereocenters. The van der Waals surface area contributed by atoms with E-state index in [1.165, 1.54) is 10.8 Å². The van der Waals surface area contributed by atoms with Crippen LogP contribution in [0.3, 0.4) is 0 Å². The second-order valence-electron chi connectivity index (χ2n) is 9.16. The van der Waals surface area contributed by atoms with Crippen LogP contribution in [0, 0.1) is 0 Å². The van der Waals surface area contributed by atoms with Crippen molar-refractivity contribution in [2.45, 2.75) is 25.2 Å². The molecule has 0 amide bonds. The van der Waals surface area contributed by atoms with Crippen LogP contribution in [-0.4, -0.2) is 4.73 Å². The summed E-state index contributed by atoms with van der Waals surface area (Å²) in [6.45, 7) is 1.76. The van der Waals surface area contributed by atoms with E-state index >= 15 is 0 Å². The van der Waals surface area contributed by atoms with Gasteiger partial charge in [0.25, 0.3) is 0 Å². The Morgan fingerprint density at radius 3 is 1.46 bits per heavy atom. The number of nitrogens with two attached hydrogens (primary N) is 1. The third kappa shape index (κ3) is 6.09. The van der Waals surface area contributed by atoms with Gasteiger partial charge in [-0.15, -0.1) is 0 Å². The molecular formula is C33H30N2O4. The summed E-state index contributed by atoms with van der Waals surface area (Å²) >= 11 is 0. The molecule has 4 aromatic carbocycles. The van der Waals surface area contributed by atoms with E-state index < -0.39 is 18.3 Å². The van der Waals surface area contributed by atoms with Crippen molar-refractivity contribution >= 4 is 0 Å². The van der Waals surface area contributed by atoms with Gasteiger partial charge in [0, 0.05) is 6.07 Å². The van der Waals surface area contributed by atoms with Crippen molar-refractivity contribution in [3.63, 3.8) is 0 Å². The Kier molecular flexibility index (Phi) is 8.17. The zero-order chi connectivity index (χ0) is 27.0. The molecule has 196 valence electrons. The highest BCUT2D eigenvalue weighted by Gasteiger charge is 2.23. The third-order valence-corrected chi connectivity index (χ3v) is 6.50. The monoisotopic (exact) mass is 518 g/mol. The highest BCUT2D eigenvalue weighted by atomic mass is 16.7. The lowest BCUT2D eigenvalue weighted by molar-refractivity contribution is 0.0117. The Balaban J connectivity index is 1.59. The van der Waals surface area contributed by atoms with Crippen LogP contribution in [0.2, 0.25) is 0 Å². The number of nitrogens with zero attached hydrogens (tertiary/aromatic N) is 1. The van der Waals surface area contributed by atoms with Crippen molar-refractivity contribution in [3.8, 4) is 5.75 Å². The van der Waals surface area contributed by atoms with Crippen LogP contribution in [0.25, 0.3) is 0 Å². The lowest BCUT2D eigenvalue weighted by atomic mass is 10.0. The summed E-state index contributed by atoms with van der Waals surface area (Å²) in [4.78, 5) is 25.0. The van der Waals surface area contributed by atoms with Crippen molar-refractivity contribution in [2.24, 2.45) is 5.90 Å². The van der Waals surface area contributed by atoms with E-state index in [0.717, 1.165) is 22.3 Å². The quantitative estimate of drug-likeness (QED) is 0.223. The van der Waals surface area contributed by atoms with Crippen LogP contribution in [0.5, 0.6) is 5.75 Å². The van der Waals surface area contributed by atoms with Crippen LogP contribution in [0.15, 0.2) is 138 Å². The van der Waals surface area contributed by atoms with Gasteiger partial charge in [0.2, 0.25) is 5.43 Å². The summed E-state index contributed by atoms with van der Waals surface area (Å²) in [6.07, 6.45) is -0.00423. The van der Waals surface area contributed by atoms with Gasteiger partial charge in [-0.25, -0.2) is 5.90 Å². The summed E-state index contributed by atoms with van der Waals surface area (Å²) in [7, 11) is 0. The van der Waals surface area contributed by atoms with Crippen molar-refractivity contribution in [3.05, 3.63) is 172 Å². The smallest absolute Gasteiger partial charge is 0.224 e. The molecule has 0 radical (unpaired) electrons. The first-order valence-electron chi connectivity index (χ1n) is 12.8. The molecule has 0 fully saturated rings. The summed E-state index contributed by atoms with van der Waals surface area (Å²) in [5.74, 6) is 5.68. The summed E-state index contributed by atoms with van der Waals surface area (Å²) < 4.78 is 7.97. The maximum Gasteiger partial charge on any atom is 0.224 e. The lowest BCUT2D eigenvalue weighted by Crippen LogP contribution is -2.27. The molecule has 0 unspecified atom stereocenters. The third-order valence-electron chi connectivity index (χ3n) is 6.50. The predicted molar refractivity (Wildman–Crippen MR) is 151 cm³/mol. The predicted octanol–water partition coefficient (Wildman–Crippen LogP) is 6.19. The van der Waals surface area contributed by atoms with Crippen LogP contribution in [0.4, 0.5) is 0 Å². The molecule has 5 rings (SSSR count). The maximum atomic E-state index is 13.3. The van der Waals surface area contributed by atoms with E-state index in [4.69, 9.17) is 20.3 Å². The van der Waals surface area contributed by atoms with Crippen LogP contribution >= 0.6 is 0 Å². The Bertz CT molecular complexity index is 1450. The number of pyridine rings is 1. The van der Waals surface area contributed by atoms with E-state index in [-0.39, 0.29) is 11.2 Å².